The molecule has 4 aromatic carbocycles. The van der Waals surface area contributed by atoms with Crippen molar-refractivity contribution in [2.75, 3.05) is 18.0 Å². The fourth-order valence-electron chi connectivity index (χ4n) is 5.00. The minimum Gasteiger partial charge on any atom is -0.496 e. The van der Waals surface area contributed by atoms with Crippen molar-refractivity contribution < 1.29 is 22.7 Å². The highest BCUT2D eigenvalue weighted by Crippen LogP contribution is 2.31. The second-order valence-corrected chi connectivity index (χ2v) is 15.0. The Morgan fingerprint density at radius 1 is 0.894 bits per heavy atom. The second-order valence-electron chi connectivity index (χ2n) is 11.3. The summed E-state index contributed by atoms with van der Waals surface area (Å²) in [6, 6.07) is 27.3. The largest absolute Gasteiger partial charge is 0.496 e. The number of hydrogen-bond donors (Lipinski definition) is 1. The third kappa shape index (κ3) is 9.46. The third-order valence-corrected chi connectivity index (χ3v) is 10.7. The Labute approximate surface area is 294 Å². The molecule has 47 heavy (non-hydrogen) atoms. The second kappa shape index (κ2) is 16.4. The van der Waals surface area contributed by atoms with E-state index in [1.165, 1.54) is 24.1 Å². The third-order valence-electron chi connectivity index (χ3n) is 7.83. The van der Waals surface area contributed by atoms with Crippen LogP contribution in [-0.4, -0.2) is 50.9 Å². The van der Waals surface area contributed by atoms with Crippen LogP contribution < -0.4 is 14.4 Å². The number of carbonyl (C=O) groups excluding carboxylic acids is 2. The quantitative estimate of drug-likeness (QED) is 0.145. The number of ether oxygens (including phenoxy) is 1. The predicted molar refractivity (Wildman–Crippen MR) is 193 cm³/mol. The molecular weight excluding hydrogens is 746 g/mol. The van der Waals surface area contributed by atoms with Gasteiger partial charge in [0.1, 0.15) is 18.3 Å². The molecule has 2 unspecified atom stereocenters. The van der Waals surface area contributed by atoms with Gasteiger partial charge in [0.25, 0.3) is 10.0 Å². The maximum atomic E-state index is 14.6. The summed E-state index contributed by atoms with van der Waals surface area (Å²) in [6.45, 7) is 5.34. The van der Waals surface area contributed by atoms with Gasteiger partial charge in [-0.05, 0) is 89.8 Å². The van der Waals surface area contributed by atoms with Crippen LogP contribution in [0.15, 0.2) is 111 Å². The first-order valence-electron chi connectivity index (χ1n) is 15.2. The lowest BCUT2D eigenvalue weighted by molar-refractivity contribution is -0.140. The van der Waals surface area contributed by atoms with Crippen molar-refractivity contribution in [3.05, 3.63) is 123 Å². The first kappa shape index (κ1) is 36.2. The molecule has 0 spiro atoms. The zero-order valence-electron chi connectivity index (χ0n) is 26.8. The summed E-state index contributed by atoms with van der Waals surface area (Å²) in [7, 11) is -2.76. The first-order chi connectivity index (χ1) is 22.4. The maximum Gasteiger partial charge on any atom is 0.264 e. The van der Waals surface area contributed by atoms with E-state index >= 15 is 0 Å². The van der Waals surface area contributed by atoms with Crippen LogP contribution in [-0.2, 0) is 32.6 Å². The number of anilines is 1. The summed E-state index contributed by atoms with van der Waals surface area (Å²) in [4.78, 5) is 30.1. The van der Waals surface area contributed by atoms with E-state index in [-0.39, 0.29) is 29.8 Å². The number of benzene rings is 4. The van der Waals surface area contributed by atoms with Crippen LogP contribution in [0, 0.1) is 6.92 Å². The molecule has 0 heterocycles. The van der Waals surface area contributed by atoms with Gasteiger partial charge in [0.05, 0.1) is 22.2 Å². The highest BCUT2D eigenvalue weighted by atomic mass is 79.9. The van der Waals surface area contributed by atoms with E-state index in [0.717, 1.165) is 25.5 Å². The number of carbonyl (C=O) groups is 2. The monoisotopic (exact) mass is 783 g/mol. The normalized spacial score (nSPS) is 12.6. The summed E-state index contributed by atoms with van der Waals surface area (Å²) in [5.41, 5.74) is 2.91. The molecule has 4 aromatic rings. The number of amides is 2. The van der Waals surface area contributed by atoms with Crippen molar-refractivity contribution in [3.8, 4) is 5.75 Å². The summed E-state index contributed by atoms with van der Waals surface area (Å²) < 4.78 is 36.3. The van der Waals surface area contributed by atoms with Crippen LogP contribution in [0.4, 0.5) is 5.69 Å². The van der Waals surface area contributed by atoms with Crippen molar-refractivity contribution in [3.63, 3.8) is 0 Å². The number of sulfonamides is 1. The zero-order chi connectivity index (χ0) is 34.1. The summed E-state index contributed by atoms with van der Waals surface area (Å²) in [5.74, 6) is -0.365. The van der Waals surface area contributed by atoms with E-state index in [1.54, 1.807) is 30.3 Å². The maximum absolute atomic E-state index is 14.6. The van der Waals surface area contributed by atoms with Crippen molar-refractivity contribution >= 4 is 59.4 Å². The molecule has 0 aliphatic carbocycles. The predicted octanol–water partition coefficient (Wildman–Crippen LogP) is 7.28. The van der Waals surface area contributed by atoms with Gasteiger partial charge in [-0.2, -0.15) is 0 Å². The van der Waals surface area contributed by atoms with Gasteiger partial charge in [0.2, 0.25) is 11.8 Å². The average Bonchev–Trinajstić information content (AvgIpc) is 3.05. The fraction of sp³-hybridized carbons (Fsp3) is 0.278. The smallest absolute Gasteiger partial charge is 0.264 e. The Bertz CT molecular complexity index is 1790. The highest BCUT2D eigenvalue weighted by molar-refractivity contribution is 9.10. The summed E-state index contributed by atoms with van der Waals surface area (Å²) in [6.07, 6.45) is 0.950. The number of hydrogen-bond acceptors (Lipinski definition) is 5. The van der Waals surface area contributed by atoms with Crippen LogP contribution >= 0.6 is 31.9 Å². The van der Waals surface area contributed by atoms with Gasteiger partial charge in [-0.15, -0.1) is 0 Å². The SMILES string of the molecule is CCC(C)NC(=O)C(Cc1ccccc1)N(Cc1cccc(Br)c1)C(=O)CN(c1ccc(C)cc1)S(=O)(=O)c1ccc(OC)c(Br)c1. The van der Waals surface area contributed by atoms with Crippen LogP contribution in [0.25, 0.3) is 0 Å². The molecule has 0 saturated heterocycles. The van der Waals surface area contributed by atoms with Gasteiger partial charge in [-0.25, -0.2) is 8.42 Å². The number of aryl methyl sites for hydroxylation is 1. The fourth-order valence-corrected chi connectivity index (χ4v) is 7.58. The Morgan fingerprint density at radius 3 is 2.19 bits per heavy atom. The number of methoxy groups -OCH3 is 1. The number of rotatable bonds is 14. The minimum atomic E-state index is -4.26. The average molecular weight is 786 g/mol. The minimum absolute atomic E-state index is 0.0209. The summed E-state index contributed by atoms with van der Waals surface area (Å²) in [5, 5.41) is 3.06. The molecule has 4 rings (SSSR count). The lowest BCUT2D eigenvalue weighted by Gasteiger charge is -2.34. The lowest BCUT2D eigenvalue weighted by Crippen LogP contribution is -2.54. The molecule has 0 fully saturated rings. The van der Waals surface area contributed by atoms with Crippen LogP contribution in [0.3, 0.4) is 0 Å². The van der Waals surface area contributed by atoms with E-state index in [9.17, 15) is 18.0 Å². The van der Waals surface area contributed by atoms with Crippen molar-refractivity contribution in [1.29, 1.82) is 0 Å². The van der Waals surface area contributed by atoms with Gasteiger partial charge < -0.3 is 15.0 Å². The molecule has 1 N–H and O–H groups in total. The van der Waals surface area contributed by atoms with Gasteiger partial charge in [-0.1, -0.05) is 83.0 Å². The Kier molecular flexibility index (Phi) is 12.6. The molecule has 11 heteroatoms. The molecule has 8 nitrogen and oxygen atoms in total. The molecule has 0 aliphatic heterocycles. The molecule has 0 radical (unpaired) electrons. The molecule has 0 saturated carbocycles. The molecule has 0 aliphatic rings. The van der Waals surface area contributed by atoms with Crippen LogP contribution in [0.2, 0.25) is 0 Å². The van der Waals surface area contributed by atoms with Crippen molar-refractivity contribution in [2.24, 2.45) is 0 Å². The Morgan fingerprint density at radius 2 is 1.57 bits per heavy atom. The van der Waals surface area contributed by atoms with Crippen LogP contribution in [0.5, 0.6) is 5.75 Å². The molecular formula is C36H39Br2N3O5S. The van der Waals surface area contributed by atoms with Gasteiger partial charge in [0.15, 0.2) is 0 Å². The summed E-state index contributed by atoms with van der Waals surface area (Å²) >= 11 is 6.90. The van der Waals surface area contributed by atoms with E-state index < -0.39 is 28.5 Å². The van der Waals surface area contributed by atoms with Gasteiger partial charge in [0, 0.05) is 23.5 Å². The highest BCUT2D eigenvalue weighted by Gasteiger charge is 2.35. The van der Waals surface area contributed by atoms with E-state index in [2.05, 4.69) is 37.2 Å². The molecule has 0 bridgehead atoms. The van der Waals surface area contributed by atoms with Crippen molar-refractivity contribution in [2.45, 2.75) is 57.1 Å². The molecule has 0 aromatic heterocycles. The van der Waals surface area contributed by atoms with E-state index in [1.807, 2.05) is 75.4 Å². The molecule has 2 atom stereocenters. The number of nitrogens with one attached hydrogen (secondary N) is 1. The van der Waals surface area contributed by atoms with Crippen LogP contribution in [0.1, 0.15) is 37.0 Å². The Balaban J connectivity index is 1.82. The van der Waals surface area contributed by atoms with Gasteiger partial charge in [-0.3, -0.25) is 13.9 Å². The van der Waals surface area contributed by atoms with E-state index in [0.29, 0.717) is 22.3 Å². The number of halogens is 2. The Hall–Kier alpha value is -3.67. The molecule has 248 valence electrons. The topological polar surface area (TPSA) is 96.0 Å². The number of nitrogens with zero attached hydrogens (tertiary/aromatic N) is 2. The molecule has 2 amide bonds. The van der Waals surface area contributed by atoms with Gasteiger partial charge >= 0.3 is 0 Å². The lowest BCUT2D eigenvalue weighted by atomic mass is 10.0. The van der Waals surface area contributed by atoms with Crippen molar-refractivity contribution in [1.82, 2.24) is 10.2 Å². The standard InChI is InChI=1S/C36H39Br2N3O5S/c1-5-26(3)39-36(43)33(21-27-10-7-6-8-11-27)40(23-28-12-9-13-29(37)20-28)35(42)24-41(30-16-14-25(2)15-17-30)47(44,45)31-18-19-34(46-4)32(38)22-31/h6-20,22,26,33H,5,21,23-24H2,1-4H3,(H,39,43). The zero-order valence-corrected chi connectivity index (χ0v) is 30.8. The van der Waals surface area contributed by atoms with E-state index in [4.69, 9.17) is 4.74 Å². The first-order valence-corrected chi connectivity index (χ1v) is 18.3.